The van der Waals surface area contributed by atoms with Gasteiger partial charge < -0.3 is 9.84 Å². The maximum Gasteiger partial charge on any atom is 0.138 e. The minimum Gasteiger partial charge on any atom is -0.361 e. The molecule has 2 aromatic rings. The van der Waals surface area contributed by atoms with E-state index in [-0.39, 0.29) is 0 Å². The van der Waals surface area contributed by atoms with E-state index in [1.54, 1.807) is 11.8 Å². The number of aromatic nitrogens is 1. The Morgan fingerprint density at radius 3 is 2.44 bits per heavy atom. The number of aryl methyl sites for hydroxylation is 2. The van der Waals surface area contributed by atoms with Crippen molar-refractivity contribution in [3.8, 4) is 0 Å². The van der Waals surface area contributed by atoms with Crippen molar-refractivity contribution < 1.29 is 4.52 Å². The first kappa shape index (κ1) is 13.2. The van der Waals surface area contributed by atoms with Gasteiger partial charge in [-0.2, -0.15) is 0 Å². The number of thioether (sulfide) groups is 1. The van der Waals surface area contributed by atoms with Crippen LogP contribution in [0.1, 0.15) is 22.6 Å². The molecule has 0 saturated carbocycles. The van der Waals surface area contributed by atoms with Crippen LogP contribution in [0.15, 0.2) is 33.7 Å². The lowest BCUT2D eigenvalue weighted by Crippen LogP contribution is -2.13. The Bertz CT molecular complexity index is 486. The Kier molecular flexibility index (Phi) is 4.44. The van der Waals surface area contributed by atoms with Crippen molar-refractivity contribution in [3.05, 3.63) is 46.8 Å². The molecule has 0 aliphatic heterocycles. The second-order valence-electron chi connectivity index (χ2n) is 4.25. The molecule has 0 spiro atoms. The van der Waals surface area contributed by atoms with Gasteiger partial charge in [0.15, 0.2) is 0 Å². The average molecular weight is 262 g/mol. The van der Waals surface area contributed by atoms with Crippen LogP contribution in [0.25, 0.3) is 0 Å². The summed E-state index contributed by atoms with van der Waals surface area (Å²) in [4.78, 5) is 1.30. The predicted octanol–water partition coefficient (Wildman–Crippen LogP) is 3.30. The summed E-state index contributed by atoms with van der Waals surface area (Å²) in [6, 6.07) is 8.62. The number of hydrogen-bond donors (Lipinski definition) is 1. The van der Waals surface area contributed by atoms with Crippen LogP contribution in [-0.2, 0) is 13.1 Å². The largest absolute Gasteiger partial charge is 0.361 e. The maximum absolute atomic E-state index is 5.14. The molecule has 0 unspecified atom stereocenters. The topological polar surface area (TPSA) is 38.1 Å². The number of hydrogen-bond acceptors (Lipinski definition) is 4. The molecule has 4 heteroatoms. The zero-order valence-electron chi connectivity index (χ0n) is 11.0. The van der Waals surface area contributed by atoms with Gasteiger partial charge in [0.2, 0.25) is 0 Å². The van der Waals surface area contributed by atoms with Gasteiger partial charge in [-0.25, -0.2) is 0 Å². The Morgan fingerprint density at radius 2 is 1.89 bits per heavy atom. The van der Waals surface area contributed by atoms with E-state index in [0.29, 0.717) is 0 Å². The number of nitrogens with one attached hydrogen (secondary N) is 1. The summed E-state index contributed by atoms with van der Waals surface area (Å²) >= 11 is 1.76. The van der Waals surface area contributed by atoms with Crippen LogP contribution in [0.4, 0.5) is 0 Å². The summed E-state index contributed by atoms with van der Waals surface area (Å²) in [5.41, 5.74) is 3.42. The lowest BCUT2D eigenvalue weighted by molar-refractivity contribution is 0.392. The van der Waals surface area contributed by atoms with Crippen LogP contribution >= 0.6 is 11.8 Å². The molecule has 0 saturated heterocycles. The zero-order chi connectivity index (χ0) is 13.0. The van der Waals surface area contributed by atoms with Crippen LogP contribution < -0.4 is 5.32 Å². The number of rotatable bonds is 5. The number of benzene rings is 1. The van der Waals surface area contributed by atoms with E-state index < -0.39 is 0 Å². The summed E-state index contributed by atoms with van der Waals surface area (Å²) in [6.07, 6.45) is 2.09. The molecule has 0 amide bonds. The number of nitrogens with zero attached hydrogens (tertiary/aromatic N) is 1. The van der Waals surface area contributed by atoms with Gasteiger partial charge in [-0.3, -0.25) is 0 Å². The van der Waals surface area contributed by atoms with Crippen molar-refractivity contribution in [2.45, 2.75) is 31.8 Å². The Hall–Kier alpha value is -1.26. The van der Waals surface area contributed by atoms with E-state index in [9.17, 15) is 0 Å². The van der Waals surface area contributed by atoms with E-state index in [4.69, 9.17) is 4.52 Å². The van der Waals surface area contributed by atoms with Gasteiger partial charge in [0, 0.05) is 23.5 Å². The molecule has 0 bridgehead atoms. The molecule has 0 radical (unpaired) electrons. The quantitative estimate of drug-likeness (QED) is 0.839. The highest BCUT2D eigenvalue weighted by Crippen LogP contribution is 2.15. The predicted molar refractivity (Wildman–Crippen MR) is 74.7 cm³/mol. The fourth-order valence-electron chi connectivity index (χ4n) is 1.83. The SMILES string of the molecule is CSc1ccc(CNCc2c(C)noc2C)cc1. The molecule has 1 aromatic carbocycles. The summed E-state index contributed by atoms with van der Waals surface area (Å²) in [6.45, 7) is 5.58. The van der Waals surface area contributed by atoms with Gasteiger partial charge >= 0.3 is 0 Å². The molecule has 18 heavy (non-hydrogen) atoms. The molecular formula is C14H18N2OS. The second kappa shape index (κ2) is 6.07. The van der Waals surface area contributed by atoms with E-state index in [1.165, 1.54) is 10.5 Å². The van der Waals surface area contributed by atoms with Gasteiger partial charge in [-0.15, -0.1) is 11.8 Å². The van der Waals surface area contributed by atoms with Crippen LogP contribution in [0.3, 0.4) is 0 Å². The van der Waals surface area contributed by atoms with Crippen molar-refractivity contribution in [2.24, 2.45) is 0 Å². The molecule has 1 aromatic heterocycles. The minimum absolute atomic E-state index is 0.797. The zero-order valence-corrected chi connectivity index (χ0v) is 11.8. The first-order chi connectivity index (χ1) is 8.70. The molecule has 0 atom stereocenters. The van der Waals surface area contributed by atoms with Gasteiger partial charge in [0.1, 0.15) is 5.76 Å². The summed E-state index contributed by atoms with van der Waals surface area (Å²) in [5.74, 6) is 0.901. The molecule has 0 aliphatic carbocycles. The molecule has 0 aliphatic rings. The lowest BCUT2D eigenvalue weighted by atomic mass is 10.2. The Balaban J connectivity index is 1.88. The molecule has 1 heterocycles. The molecule has 96 valence electrons. The third-order valence-corrected chi connectivity index (χ3v) is 3.71. The highest BCUT2D eigenvalue weighted by Gasteiger charge is 2.07. The first-order valence-corrected chi connectivity index (χ1v) is 7.18. The lowest BCUT2D eigenvalue weighted by Gasteiger charge is -2.05. The van der Waals surface area contributed by atoms with Crippen molar-refractivity contribution in [2.75, 3.05) is 6.26 Å². The Morgan fingerprint density at radius 1 is 1.17 bits per heavy atom. The van der Waals surface area contributed by atoms with E-state index in [1.807, 2.05) is 13.8 Å². The summed E-state index contributed by atoms with van der Waals surface area (Å²) in [5, 5.41) is 7.36. The minimum atomic E-state index is 0.797. The maximum atomic E-state index is 5.14. The molecule has 2 rings (SSSR count). The summed E-state index contributed by atoms with van der Waals surface area (Å²) < 4.78 is 5.14. The van der Waals surface area contributed by atoms with E-state index >= 15 is 0 Å². The fraction of sp³-hybridized carbons (Fsp3) is 0.357. The molecule has 1 N–H and O–H groups in total. The van der Waals surface area contributed by atoms with Crippen molar-refractivity contribution >= 4 is 11.8 Å². The standard InChI is InChI=1S/C14H18N2OS/c1-10-14(11(2)17-16-10)9-15-8-12-4-6-13(18-3)7-5-12/h4-7,15H,8-9H2,1-3H3. The highest BCUT2D eigenvalue weighted by atomic mass is 32.2. The average Bonchev–Trinajstić information content (AvgIpc) is 2.71. The van der Waals surface area contributed by atoms with Crippen LogP contribution in [0, 0.1) is 13.8 Å². The Labute approximate surface area is 112 Å². The first-order valence-electron chi connectivity index (χ1n) is 5.96. The molecule has 0 fully saturated rings. The second-order valence-corrected chi connectivity index (χ2v) is 5.13. The normalized spacial score (nSPS) is 10.8. The van der Waals surface area contributed by atoms with Gasteiger partial charge in [0.25, 0.3) is 0 Å². The third kappa shape index (κ3) is 3.15. The van der Waals surface area contributed by atoms with Crippen LogP contribution in [-0.4, -0.2) is 11.4 Å². The monoisotopic (exact) mass is 262 g/mol. The summed E-state index contributed by atoms with van der Waals surface area (Å²) in [7, 11) is 0. The van der Waals surface area contributed by atoms with Crippen molar-refractivity contribution in [1.29, 1.82) is 0 Å². The van der Waals surface area contributed by atoms with Crippen LogP contribution in [0.2, 0.25) is 0 Å². The smallest absolute Gasteiger partial charge is 0.138 e. The molecular weight excluding hydrogens is 244 g/mol. The third-order valence-electron chi connectivity index (χ3n) is 2.97. The highest BCUT2D eigenvalue weighted by molar-refractivity contribution is 7.98. The molecule has 3 nitrogen and oxygen atoms in total. The van der Waals surface area contributed by atoms with Gasteiger partial charge in [-0.05, 0) is 37.8 Å². The van der Waals surface area contributed by atoms with Crippen molar-refractivity contribution in [3.63, 3.8) is 0 Å². The fourth-order valence-corrected chi connectivity index (χ4v) is 2.24. The van der Waals surface area contributed by atoms with Gasteiger partial charge in [-0.1, -0.05) is 17.3 Å². The van der Waals surface area contributed by atoms with Gasteiger partial charge in [0.05, 0.1) is 5.69 Å². The van der Waals surface area contributed by atoms with Crippen molar-refractivity contribution in [1.82, 2.24) is 10.5 Å². The van der Waals surface area contributed by atoms with Crippen LogP contribution in [0.5, 0.6) is 0 Å². The van der Waals surface area contributed by atoms with E-state index in [0.717, 1.165) is 30.1 Å². The van der Waals surface area contributed by atoms with E-state index in [2.05, 4.69) is 41.0 Å².